The lowest BCUT2D eigenvalue weighted by atomic mass is 10.4. The topological polar surface area (TPSA) is 0 Å². The molecule has 96 valence electrons. The second-order valence-electron chi connectivity index (χ2n) is 5.59. The van der Waals surface area contributed by atoms with Gasteiger partial charge in [0.1, 0.15) is 8.07 Å². The van der Waals surface area contributed by atoms with Gasteiger partial charge in [-0.2, -0.15) is 0 Å². The number of allylic oxidation sites excluding steroid dienone is 4. The van der Waals surface area contributed by atoms with Gasteiger partial charge in [-0.3, -0.25) is 0 Å². The molecule has 0 spiro atoms. The van der Waals surface area contributed by atoms with Crippen LogP contribution in [0.25, 0.3) is 0 Å². The summed E-state index contributed by atoms with van der Waals surface area (Å²) in [7, 11) is -1.50. The van der Waals surface area contributed by atoms with Crippen LogP contribution in [0.3, 0.4) is 0 Å². The summed E-state index contributed by atoms with van der Waals surface area (Å²) in [6.45, 7) is 9.47. The minimum absolute atomic E-state index is 0.643. The van der Waals surface area contributed by atoms with Gasteiger partial charge in [-0.05, 0) is 17.7 Å². The molecule has 1 aliphatic rings. The van der Waals surface area contributed by atoms with E-state index in [1.807, 2.05) is 11.8 Å². The Bertz CT molecular complexity index is 484. The van der Waals surface area contributed by atoms with Crippen LogP contribution in [0.5, 0.6) is 0 Å². The molecule has 0 aliphatic heterocycles. The Kier molecular flexibility index (Phi) is 4.18. The van der Waals surface area contributed by atoms with Crippen LogP contribution < -0.4 is 5.19 Å². The van der Waals surface area contributed by atoms with Gasteiger partial charge in [0, 0.05) is 10.1 Å². The van der Waals surface area contributed by atoms with E-state index in [9.17, 15) is 0 Å². The summed E-state index contributed by atoms with van der Waals surface area (Å²) < 4.78 is 0. The van der Waals surface area contributed by atoms with Crippen LogP contribution >= 0.6 is 11.8 Å². The van der Waals surface area contributed by atoms with Crippen molar-refractivity contribution < 1.29 is 0 Å². The zero-order chi connectivity index (χ0) is 13.2. The van der Waals surface area contributed by atoms with Crippen LogP contribution in [0.4, 0.5) is 0 Å². The Hall–Kier alpha value is -0.733. The minimum Gasteiger partial charge on any atom is -0.123 e. The first-order valence-electron chi connectivity index (χ1n) is 6.65. The molecule has 0 aromatic heterocycles. The van der Waals surface area contributed by atoms with Gasteiger partial charge in [-0.15, -0.1) is 11.8 Å². The van der Waals surface area contributed by atoms with Gasteiger partial charge in [0.05, 0.1) is 0 Å². The van der Waals surface area contributed by atoms with E-state index < -0.39 is 8.07 Å². The van der Waals surface area contributed by atoms with E-state index in [1.54, 1.807) is 10.4 Å². The highest BCUT2D eigenvalue weighted by Gasteiger charge is 2.30. The Balaban J connectivity index is 2.40. The highest BCUT2D eigenvalue weighted by atomic mass is 32.2. The van der Waals surface area contributed by atoms with Crippen molar-refractivity contribution in [3.05, 3.63) is 47.7 Å². The first kappa shape index (κ1) is 13.7. The van der Waals surface area contributed by atoms with Gasteiger partial charge in [-0.1, -0.05) is 68.6 Å². The summed E-state index contributed by atoms with van der Waals surface area (Å²) in [4.78, 5) is 1.48. The molecule has 0 unspecified atom stereocenters. The molecule has 1 aromatic rings. The Morgan fingerprint density at radius 2 is 1.89 bits per heavy atom. The van der Waals surface area contributed by atoms with Crippen LogP contribution in [0.15, 0.2) is 52.6 Å². The van der Waals surface area contributed by atoms with Gasteiger partial charge < -0.3 is 0 Å². The molecular weight excluding hydrogens is 252 g/mol. The highest BCUT2D eigenvalue weighted by molar-refractivity contribution is 8.00. The number of benzene rings is 1. The summed E-state index contributed by atoms with van der Waals surface area (Å²) in [5.74, 6) is 0. The lowest BCUT2D eigenvalue weighted by Crippen LogP contribution is -2.44. The first-order chi connectivity index (χ1) is 8.51. The molecule has 2 heteroatoms. The summed E-state index contributed by atoms with van der Waals surface area (Å²) in [6.07, 6.45) is 8.14. The zero-order valence-electron chi connectivity index (χ0n) is 11.7. The highest BCUT2D eigenvalue weighted by Crippen LogP contribution is 2.28. The molecular formula is C16H22SSi. The maximum atomic E-state index is 2.47. The molecule has 2 rings (SSSR count). The SMILES string of the molecule is CC(C)Sc1ccccc1[Si](C)(C)C1=CCC=C1. The molecule has 0 atom stereocenters. The number of hydrogen-bond acceptors (Lipinski definition) is 1. The Morgan fingerprint density at radius 1 is 1.17 bits per heavy atom. The maximum Gasteiger partial charge on any atom is 0.113 e. The van der Waals surface area contributed by atoms with E-state index in [0.29, 0.717) is 5.25 Å². The number of thioether (sulfide) groups is 1. The van der Waals surface area contributed by atoms with Crippen LogP contribution in [0, 0.1) is 0 Å². The van der Waals surface area contributed by atoms with E-state index in [1.165, 1.54) is 4.90 Å². The largest absolute Gasteiger partial charge is 0.123 e. The van der Waals surface area contributed by atoms with Crippen LogP contribution in [-0.2, 0) is 0 Å². The average Bonchev–Trinajstić information content (AvgIpc) is 2.82. The number of rotatable bonds is 4. The third kappa shape index (κ3) is 2.81. The molecule has 0 nitrogen and oxygen atoms in total. The van der Waals surface area contributed by atoms with E-state index in [0.717, 1.165) is 6.42 Å². The van der Waals surface area contributed by atoms with Gasteiger partial charge >= 0.3 is 0 Å². The maximum absolute atomic E-state index is 2.47. The predicted octanol–water partition coefficient (Wildman–Crippen LogP) is 4.53. The van der Waals surface area contributed by atoms with Gasteiger partial charge in [0.15, 0.2) is 0 Å². The van der Waals surface area contributed by atoms with Crippen molar-refractivity contribution >= 4 is 25.0 Å². The molecule has 18 heavy (non-hydrogen) atoms. The van der Waals surface area contributed by atoms with Crippen LogP contribution in [0.2, 0.25) is 13.1 Å². The lowest BCUT2D eigenvalue weighted by Gasteiger charge is -2.26. The fourth-order valence-electron chi connectivity index (χ4n) is 2.42. The Labute approximate surface area is 116 Å². The fraction of sp³-hybridized carbons (Fsp3) is 0.375. The zero-order valence-corrected chi connectivity index (χ0v) is 13.6. The molecule has 0 saturated heterocycles. The molecule has 0 fully saturated rings. The van der Waals surface area contributed by atoms with E-state index in [2.05, 4.69) is 69.4 Å². The fourth-order valence-corrected chi connectivity index (χ4v) is 6.90. The monoisotopic (exact) mass is 274 g/mol. The van der Waals surface area contributed by atoms with Gasteiger partial charge in [0.25, 0.3) is 0 Å². The molecule has 0 bridgehead atoms. The average molecular weight is 275 g/mol. The minimum atomic E-state index is -1.50. The third-order valence-corrected chi connectivity index (χ3v) is 8.28. The van der Waals surface area contributed by atoms with Crippen molar-refractivity contribution in [1.29, 1.82) is 0 Å². The Morgan fingerprint density at radius 3 is 2.50 bits per heavy atom. The molecule has 0 amide bonds. The second-order valence-corrected chi connectivity index (χ2v) is 11.6. The number of hydrogen-bond donors (Lipinski definition) is 0. The molecule has 1 aromatic carbocycles. The standard InChI is InChI=1S/C16H22SSi/c1-13(2)17-15-11-7-8-12-16(15)18(3,4)14-9-5-6-10-14/h5,7-13H,6H2,1-4H3. The summed E-state index contributed by atoms with van der Waals surface area (Å²) >= 11 is 1.99. The summed E-state index contributed by atoms with van der Waals surface area (Å²) in [6, 6.07) is 8.98. The van der Waals surface area contributed by atoms with Gasteiger partial charge in [0.2, 0.25) is 0 Å². The molecule has 0 heterocycles. The third-order valence-electron chi connectivity index (χ3n) is 3.42. The van der Waals surface area contributed by atoms with Crippen LogP contribution in [-0.4, -0.2) is 13.3 Å². The molecule has 0 radical (unpaired) electrons. The molecule has 1 aliphatic carbocycles. The predicted molar refractivity (Wildman–Crippen MR) is 86.4 cm³/mol. The van der Waals surface area contributed by atoms with Crippen molar-refractivity contribution in [2.75, 3.05) is 0 Å². The van der Waals surface area contributed by atoms with Crippen molar-refractivity contribution in [3.8, 4) is 0 Å². The molecule has 0 N–H and O–H groups in total. The second kappa shape index (κ2) is 5.50. The lowest BCUT2D eigenvalue weighted by molar-refractivity contribution is 1.11. The first-order valence-corrected chi connectivity index (χ1v) is 10.5. The quantitative estimate of drug-likeness (QED) is 0.574. The molecule has 0 saturated carbocycles. The van der Waals surface area contributed by atoms with Crippen LogP contribution in [0.1, 0.15) is 20.3 Å². The van der Waals surface area contributed by atoms with Crippen molar-refractivity contribution in [2.24, 2.45) is 0 Å². The van der Waals surface area contributed by atoms with E-state index in [4.69, 9.17) is 0 Å². The summed E-state index contributed by atoms with van der Waals surface area (Å²) in [5, 5.41) is 3.81. The smallest absolute Gasteiger partial charge is 0.113 e. The van der Waals surface area contributed by atoms with Crippen molar-refractivity contribution in [1.82, 2.24) is 0 Å². The van der Waals surface area contributed by atoms with Crippen molar-refractivity contribution in [2.45, 2.75) is 43.5 Å². The van der Waals surface area contributed by atoms with Crippen molar-refractivity contribution in [3.63, 3.8) is 0 Å². The normalized spacial score (nSPS) is 15.3. The summed E-state index contributed by atoms with van der Waals surface area (Å²) in [5.41, 5.74) is 0. The van der Waals surface area contributed by atoms with E-state index in [-0.39, 0.29) is 0 Å². The van der Waals surface area contributed by atoms with Gasteiger partial charge in [-0.25, -0.2) is 0 Å². The van der Waals surface area contributed by atoms with E-state index >= 15 is 0 Å².